The van der Waals surface area contributed by atoms with E-state index in [0.717, 1.165) is 11.1 Å². The molecule has 2 amide bonds. The van der Waals surface area contributed by atoms with Gasteiger partial charge in [-0.05, 0) is 37.1 Å². The minimum absolute atomic E-state index is 0.0947. The predicted octanol–water partition coefficient (Wildman–Crippen LogP) is 2.30. The maximum Gasteiger partial charge on any atom is 0.329 e. The molecule has 2 aromatic rings. The average molecular weight is 340 g/mol. The number of carbonyl (C=O) groups excluding carboxylic acids is 2. The normalized spacial score (nSPS) is 10.5. The number of non-ortho nitro benzene ring substituents is 1. The van der Waals surface area contributed by atoms with Gasteiger partial charge in [-0.3, -0.25) is 19.7 Å². The number of aryl methyl sites for hydroxylation is 2. The van der Waals surface area contributed by atoms with E-state index >= 15 is 0 Å². The van der Waals surface area contributed by atoms with Gasteiger partial charge in [0, 0.05) is 23.4 Å². The van der Waals surface area contributed by atoms with E-state index in [1.807, 2.05) is 19.9 Å². The molecule has 25 heavy (non-hydrogen) atoms. The lowest BCUT2D eigenvalue weighted by Gasteiger charge is -2.06. The van der Waals surface area contributed by atoms with Crippen LogP contribution in [0.3, 0.4) is 0 Å². The third-order valence-electron chi connectivity index (χ3n) is 3.43. The summed E-state index contributed by atoms with van der Waals surface area (Å²) in [6, 6.07) is 11.0. The maximum absolute atomic E-state index is 11.8. The Morgan fingerprint density at radius 2 is 1.84 bits per heavy atom. The number of nitro benzene ring substituents is 1. The molecule has 128 valence electrons. The van der Waals surface area contributed by atoms with E-state index in [9.17, 15) is 19.7 Å². The second-order valence-electron chi connectivity index (χ2n) is 5.30. The van der Waals surface area contributed by atoms with Gasteiger partial charge in [0.05, 0.1) is 11.1 Å². The quantitative estimate of drug-likeness (QED) is 0.385. The van der Waals surface area contributed by atoms with Crippen molar-refractivity contribution in [2.24, 2.45) is 5.10 Å². The minimum atomic E-state index is -0.945. The van der Waals surface area contributed by atoms with Crippen molar-refractivity contribution in [3.63, 3.8) is 0 Å². The lowest BCUT2D eigenvalue weighted by molar-refractivity contribution is -0.384. The Morgan fingerprint density at radius 3 is 2.52 bits per heavy atom. The smallest absolute Gasteiger partial charge is 0.318 e. The van der Waals surface area contributed by atoms with Crippen molar-refractivity contribution < 1.29 is 14.5 Å². The zero-order chi connectivity index (χ0) is 18.4. The Labute approximate surface area is 143 Å². The van der Waals surface area contributed by atoms with Crippen molar-refractivity contribution in [3.8, 4) is 0 Å². The Kier molecular flexibility index (Phi) is 5.57. The van der Waals surface area contributed by atoms with Gasteiger partial charge in [-0.25, -0.2) is 5.43 Å². The van der Waals surface area contributed by atoms with Crippen molar-refractivity contribution in [2.45, 2.75) is 13.8 Å². The van der Waals surface area contributed by atoms with E-state index in [1.54, 1.807) is 18.2 Å². The van der Waals surface area contributed by atoms with Crippen molar-refractivity contribution in [1.29, 1.82) is 0 Å². The molecule has 0 spiro atoms. The largest absolute Gasteiger partial charge is 0.329 e. The van der Waals surface area contributed by atoms with Crippen molar-refractivity contribution in [2.75, 3.05) is 5.32 Å². The van der Waals surface area contributed by atoms with Crippen molar-refractivity contribution >= 4 is 29.4 Å². The Morgan fingerprint density at radius 1 is 1.08 bits per heavy atom. The summed E-state index contributed by atoms with van der Waals surface area (Å²) in [6.45, 7) is 3.84. The predicted molar refractivity (Wildman–Crippen MR) is 93.4 cm³/mol. The molecule has 0 radical (unpaired) electrons. The molecule has 2 rings (SSSR count). The fourth-order valence-electron chi connectivity index (χ4n) is 1.94. The molecule has 0 aliphatic carbocycles. The summed E-state index contributed by atoms with van der Waals surface area (Å²) < 4.78 is 0. The number of benzene rings is 2. The van der Waals surface area contributed by atoms with Crippen molar-refractivity contribution in [3.05, 3.63) is 69.3 Å². The molecular weight excluding hydrogens is 324 g/mol. The van der Waals surface area contributed by atoms with Crippen LogP contribution in [-0.4, -0.2) is 23.0 Å². The zero-order valence-electron chi connectivity index (χ0n) is 13.6. The van der Waals surface area contributed by atoms with E-state index in [0.29, 0.717) is 11.3 Å². The van der Waals surface area contributed by atoms with Gasteiger partial charge in [-0.2, -0.15) is 5.10 Å². The molecule has 0 unspecified atom stereocenters. The highest BCUT2D eigenvalue weighted by Crippen LogP contribution is 2.14. The summed E-state index contributed by atoms with van der Waals surface area (Å²) in [4.78, 5) is 33.7. The fraction of sp³-hybridized carbons (Fsp3) is 0.118. The topological polar surface area (TPSA) is 114 Å². The Bertz CT molecular complexity index is 861. The first kappa shape index (κ1) is 17.8. The van der Waals surface area contributed by atoms with Crippen molar-refractivity contribution in [1.82, 2.24) is 5.43 Å². The lowest BCUT2D eigenvalue weighted by atomic mass is 10.1. The zero-order valence-corrected chi connectivity index (χ0v) is 13.6. The number of hydrogen-bond acceptors (Lipinski definition) is 5. The van der Waals surface area contributed by atoms with Gasteiger partial charge in [0.25, 0.3) is 5.69 Å². The molecule has 0 atom stereocenters. The van der Waals surface area contributed by atoms with E-state index in [1.165, 1.54) is 24.4 Å². The highest BCUT2D eigenvalue weighted by Gasteiger charge is 2.13. The Balaban J connectivity index is 1.94. The van der Waals surface area contributed by atoms with Gasteiger partial charge in [0.15, 0.2) is 0 Å². The molecule has 8 nitrogen and oxygen atoms in total. The molecule has 8 heteroatoms. The van der Waals surface area contributed by atoms with Crippen LogP contribution in [0.1, 0.15) is 16.7 Å². The van der Waals surface area contributed by atoms with E-state index < -0.39 is 16.7 Å². The van der Waals surface area contributed by atoms with E-state index in [2.05, 4.69) is 15.8 Å². The molecular formula is C17H16N4O4. The number of amides is 2. The molecule has 0 bridgehead atoms. The lowest BCUT2D eigenvalue weighted by Crippen LogP contribution is -2.32. The molecule has 0 aromatic heterocycles. The number of nitro groups is 1. The van der Waals surface area contributed by atoms with Gasteiger partial charge in [0.2, 0.25) is 0 Å². The van der Waals surface area contributed by atoms with Crippen LogP contribution in [0.4, 0.5) is 11.4 Å². The number of nitrogens with one attached hydrogen (secondary N) is 2. The maximum atomic E-state index is 11.8. The van der Waals surface area contributed by atoms with Crippen LogP contribution >= 0.6 is 0 Å². The molecule has 0 aliphatic heterocycles. The number of anilines is 1. The molecule has 2 N–H and O–H groups in total. The van der Waals surface area contributed by atoms with Crippen LogP contribution in [0.15, 0.2) is 47.6 Å². The van der Waals surface area contributed by atoms with Crippen LogP contribution in [0.2, 0.25) is 0 Å². The third-order valence-corrected chi connectivity index (χ3v) is 3.43. The molecule has 0 fully saturated rings. The van der Waals surface area contributed by atoms with Gasteiger partial charge >= 0.3 is 11.8 Å². The number of hydrogen-bond donors (Lipinski definition) is 2. The second kappa shape index (κ2) is 7.82. The summed E-state index contributed by atoms with van der Waals surface area (Å²) in [6.07, 6.45) is 1.22. The average Bonchev–Trinajstić information content (AvgIpc) is 2.58. The molecule has 0 saturated heterocycles. The molecule has 0 heterocycles. The van der Waals surface area contributed by atoms with Gasteiger partial charge in [-0.15, -0.1) is 0 Å². The van der Waals surface area contributed by atoms with Crippen LogP contribution in [-0.2, 0) is 9.59 Å². The van der Waals surface area contributed by atoms with E-state index in [-0.39, 0.29) is 5.69 Å². The first-order valence-electron chi connectivity index (χ1n) is 7.33. The Hall–Kier alpha value is -3.55. The minimum Gasteiger partial charge on any atom is -0.318 e. The summed E-state index contributed by atoms with van der Waals surface area (Å²) in [5, 5.41) is 16.8. The number of rotatable bonds is 4. The highest BCUT2D eigenvalue weighted by atomic mass is 16.6. The fourth-order valence-corrected chi connectivity index (χ4v) is 1.94. The monoisotopic (exact) mass is 340 g/mol. The summed E-state index contributed by atoms with van der Waals surface area (Å²) in [5.41, 5.74) is 4.97. The molecule has 0 aliphatic rings. The van der Waals surface area contributed by atoms with Gasteiger partial charge in [0.1, 0.15) is 0 Å². The van der Waals surface area contributed by atoms with Gasteiger partial charge in [-0.1, -0.05) is 18.2 Å². The summed E-state index contributed by atoms with van der Waals surface area (Å²) >= 11 is 0. The van der Waals surface area contributed by atoms with Crippen LogP contribution in [0.25, 0.3) is 0 Å². The molecule has 2 aromatic carbocycles. The number of nitrogens with zero attached hydrogens (tertiary/aromatic N) is 2. The van der Waals surface area contributed by atoms with Crippen LogP contribution < -0.4 is 10.7 Å². The first-order chi connectivity index (χ1) is 11.9. The van der Waals surface area contributed by atoms with Crippen LogP contribution in [0.5, 0.6) is 0 Å². The van der Waals surface area contributed by atoms with Crippen LogP contribution in [0, 0.1) is 24.0 Å². The molecule has 0 saturated carbocycles. The first-order valence-corrected chi connectivity index (χ1v) is 7.33. The third kappa shape index (κ3) is 4.96. The number of hydrazone groups is 1. The highest BCUT2D eigenvalue weighted by molar-refractivity contribution is 6.39. The number of carbonyl (C=O) groups is 2. The summed E-state index contributed by atoms with van der Waals surface area (Å²) in [5.74, 6) is -1.81. The SMILES string of the molecule is Cc1ccc(NC(=O)C(=O)N/N=C/c2cccc([N+](=O)[O-])c2)cc1C. The standard InChI is InChI=1S/C17H16N4O4/c1-11-6-7-14(8-12(11)2)19-16(22)17(23)20-18-10-13-4-3-5-15(9-13)21(24)25/h3-10H,1-2H3,(H,19,22)(H,20,23)/b18-10+. The second-order valence-corrected chi connectivity index (χ2v) is 5.30. The van der Waals surface area contributed by atoms with E-state index in [4.69, 9.17) is 0 Å². The summed E-state index contributed by atoms with van der Waals surface area (Å²) in [7, 11) is 0. The van der Waals surface area contributed by atoms with Gasteiger partial charge < -0.3 is 5.32 Å².